The zero-order valence-electron chi connectivity index (χ0n) is 8.20. The topological polar surface area (TPSA) is 108 Å². The lowest BCUT2D eigenvalue weighted by molar-refractivity contribution is -0.187. The molecule has 0 amide bonds. The average Bonchev–Trinajstić information content (AvgIpc) is 2.48. The largest absolute Gasteiger partial charge is 0.394 e. The lowest BCUT2D eigenvalue weighted by atomic mass is 9.87. The molecule has 0 aromatic heterocycles. The highest BCUT2D eigenvalue weighted by molar-refractivity contribution is 8.14. The Hall–Kier alpha value is -0.340. The third-order valence-corrected chi connectivity index (χ3v) is 3.97. The van der Waals surface area contributed by atoms with E-state index >= 15 is 0 Å². The molecule has 0 bridgehead atoms. The van der Waals surface area contributed by atoms with Crippen molar-refractivity contribution < 1.29 is 20.1 Å². The predicted molar refractivity (Wildman–Crippen MR) is 55.4 cm³/mol. The minimum absolute atomic E-state index is 0.326. The van der Waals surface area contributed by atoms with Gasteiger partial charge in [-0.3, -0.25) is 0 Å². The van der Waals surface area contributed by atoms with Gasteiger partial charge >= 0.3 is 0 Å². The Morgan fingerprint density at radius 1 is 1.60 bits per heavy atom. The first-order chi connectivity index (χ1) is 6.99. The number of nitrogens with two attached hydrogens (primary N) is 1. The van der Waals surface area contributed by atoms with Crippen LogP contribution < -0.4 is 5.73 Å². The van der Waals surface area contributed by atoms with Crippen molar-refractivity contribution in [3.63, 3.8) is 0 Å². The van der Waals surface area contributed by atoms with E-state index in [0.717, 1.165) is 0 Å². The van der Waals surface area contributed by atoms with Crippen molar-refractivity contribution >= 4 is 16.9 Å². The second kappa shape index (κ2) is 3.60. The van der Waals surface area contributed by atoms with Crippen LogP contribution in [-0.4, -0.2) is 56.4 Å². The van der Waals surface area contributed by atoms with Crippen LogP contribution in [0.15, 0.2) is 4.99 Å². The summed E-state index contributed by atoms with van der Waals surface area (Å²) in [4.78, 5) is 4.08. The summed E-state index contributed by atoms with van der Waals surface area (Å²) in [7, 11) is 0. The second-order valence-electron chi connectivity index (χ2n) is 3.92. The summed E-state index contributed by atoms with van der Waals surface area (Å²) in [5.74, 6) is 0. The van der Waals surface area contributed by atoms with E-state index in [1.807, 2.05) is 0 Å². The minimum Gasteiger partial charge on any atom is -0.394 e. The lowest BCUT2D eigenvalue weighted by Crippen LogP contribution is -2.62. The molecule has 5 N–H and O–H groups in total. The smallest absolute Gasteiger partial charge is 0.157 e. The van der Waals surface area contributed by atoms with Gasteiger partial charge in [0, 0.05) is 0 Å². The molecular formula is C8H14N2O4S. The van der Waals surface area contributed by atoms with Crippen LogP contribution in [0.5, 0.6) is 0 Å². The highest BCUT2D eigenvalue weighted by Crippen LogP contribution is 2.43. The van der Waals surface area contributed by atoms with Crippen LogP contribution in [-0.2, 0) is 4.74 Å². The number of fused-ring (bicyclic) bond motifs is 1. The number of aliphatic hydroxyl groups excluding tert-OH is 3. The second-order valence-corrected chi connectivity index (χ2v) is 5.00. The molecule has 0 aromatic rings. The highest BCUT2D eigenvalue weighted by Gasteiger charge is 2.56. The molecule has 2 aliphatic heterocycles. The highest BCUT2D eigenvalue weighted by atomic mass is 32.2. The Morgan fingerprint density at radius 3 is 2.87 bits per heavy atom. The number of nitrogens with zero attached hydrogens (tertiary/aromatic N) is 1. The molecule has 7 heteroatoms. The van der Waals surface area contributed by atoms with Crippen LogP contribution >= 0.6 is 11.8 Å². The molecule has 15 heavy (non-hydrogen) atoms. The number of thioether (sulfide) groups is 1. The van der Waals surface area contributed by atoms with Gasteiger partial charge in [-0.2, -0.15) is 0 Å². The molecule has 2 aliphatic rings. The Bertz CT molecular complexity index is 300. The van der Waals surface area contributed by atoms with Gasteiger partial charge in [0.15, 0.2) is 5.17 Å². The fourth-order valence-electron chi connectivity index (χ4n) is 1.86. The summed E-state index contributed by atoms with van der Waals surface area (Å²) in [5.41, 5.74) is 4.17. The molecule has 6 nitrogen and oxygen atoms in total. The van der Waals surface area contributed by atoms with Crippen LogP contribution in [0.4, 0.5) is 0 Å². The number of hydrogen-bond acceptors (Lipinski definition) is 7. The van der Waals surface area contributed by atoms with Crippen molar-refractivity contribution in [2.24, 2.45) is 10.7 Å². The van der Waals surface area contributed by atoms with Gasteiger partial charge in [-0.05, 0) is 6.92 Å². The molecule has 0 saturated carbocycles. The van der Waals surface area contributed by atoms with Crippen LogP contribution in [0.1, 0.15) is 6.92 Å². The van der Waals surface area contributed by atoms with Gasteiger partial charge in [0.25, 0.3) is 0 Å². The fraction of sp³-hybridized carbons (Fsp3) is 0.875. The maximum absolute atomic E-state index is 9.91. The third-order valence-electron chi connectivity index (χ3n) is 2.84. The zero-order valence-corrected chi connectivity index (χ0v) is 9.02. The van der Waals surface area contributed by atoms with Crippen LogP contribution in [0.3, 0.4) is 0 Å². The molecule has 5 atom stereocenters. The first-order valence-electron chi connectivity index (χ1n) is 4.63. The van der Waals surface area contributed by atoms with E-state index in [1.165, 1.54) is 11.8 Å². The van der Waals surface area contributed by atoms with Gasteiger partial charge in [-0.25, -0.2) is 4.99 Å². The summed E-state index contributed by atoms with van der Waals surface area (Å²) >= 11 is 1.20. The predicted octanol–water partition coefficient (Wildman–Crippen LogP) is -1.75. The molecule has 1 unspecified atom stereocenters. The fourth-order valence-corrected chi connectivity index (χ4v) is 2.95. The molecule has 2 heterocycles. The Morgan fingerprint density at radius 2 is 2.27 bits per heavy atom. The van der Waals surface area contributed by atoms with Crippen LogP contribution in [0.2, 0.25) is 0 Å². The summed E-state index contributed by atoms with van der Waals surface area (Å²) in [6.45, 7) is 1.33. The molecule has 86 valence electrons. The van der Waals surface area contributed by atoms with E-state index < -0.39 is 29.3 Å². The maximum Gasteiger partial charge on any atom is 0.157 e. The average molecular weight is 234 g/mol. The van der Waals surface area contributed by atoms with Crippen molar-refractivity contribution in [1.29, 1.82) is 0 Å². The standard InChI is InChI=1S/C8H14N2O4S/c1-8-5(13)4(12)3(2-11)14-6(8)15-7(9)10-8/h3-6,11-13H,2H2,1H3,(H2,9,10)/t3-,4-,5+,6?,8-/m1/s1. The number of amidine groups is 1. The van der Waals surface area contributed by atoms with Crippen LogP contribution in [0.25, 0.3) is 0 Å². The van der Waals surface area contributed by atoms with E-state index in [4.69, 9.17) is 15.6 Å². The van der Waals surface area contributed by atoms with Crippen LogP contribution in [0, 0.1) is 0 Å². The summed E-state index contributed by atoms with van der Waals surface area (Å²) in [5, 5.41) is 28.9. The number of rotatable bonds is 1. The van der Waals surface area contributed by atoms with Gasteiger partial charge in [0.1, 0.15) is 29.3 Å². The molecule has 2 rings (SSSR count). The van der Waals surface area contributed by atoms with Gasteiger partial charge in [-0.15, -0.1) is 0 Å². The lowest BCUT2D eigenvalue weighted by Gasteiger charge is -2.43. The number of ether oxygens (including phenoxy) is 1. The monoisotopic (exact) mass is 234 g/mol. The molecule has 1 fully saturated rings. The molecule has 0 aliphatic carbocycles. The normalized spacial score (nSPS) is 50.0. The molecular weight excluding hydrogens is 220 g/mol. The minimum atomic E-state index is -1.15. The van der Waals surface area contributed by atoms with E-state index in [0.29, 0.717) is 5.17 Å². The van der Waals surface area contributed by atoms with Gasteiger partial charge in [-0.1, -0.05) is 11.8 Å². The van der Waals surface area contributed by atoms with Crippen molar-refractivity contribution in [2.75, 3.05) is 6.61 Å². The van der Waals surface area contributed by atoms with Crippen molar-refractivity contribution in [3.05, 3.63) is 0 Å². The van der Waals surface area contributed by atoms with E-state index in [-0.39, 0.29) is 6.61 Å². The quantitative estimate of drug-likeness (QED) is 0.428. The van der Waals surface area contributed by atoms with Gasteiger partial charge < -0.3 is 25.8 Å². The Balaban J connectivity index is 2.27. The molecule has 0 radical (unpaired) electrons. The van der Waals surface area contributed by atoms with Crippen molar-refractivity contribution in [1.82, 2.24) is 0 Å². The number of aliphatic hydroxyl groups is 3. The van der Waals surface area contributed by atoms with E-state index in [1.54, 1.807) is 6.92 Å². The van der Waals surface area contributed by atoms with Gasteiger partial charge in [0.05, 0.1) is 6.61 Å². The number of hydrogen-bond donors (Lipinski definition) is 4. The van der Waals surface area contributed by atoms with Crippen molar-refractivity contribution in [3.8, 4) is 0 Å². The van der Waals surface area contributed by atoms with E-state index in [9.17, 15) is 10.2 Å². The van der Waals surface area contributed by atoms with Crippen molar-refractivity contribution in [2.45, 2.75) is 36.2 Å². The SMILES string of the molecule is C[C@]12N=C(N)SC1O[C@H](CO)[C@@H](O)[C@@H]2O. The summed E-state index contributed by atoms with van der Waals surface area (Å²) in [6.07, 6.45) is -3.01. The first-order valence-corrected chi connectivity index (χ1v) is 5.51. The maximum atomic E-state index is 9.91. The first kappa shape index (κ1) is 11.2. The Labute approximate surface area is 91.1 Å². The zero-order chi connectivity index (χ0) is 11.2. The molecule has 1 saturated heterocycles. The van der Waals surface area contributed by atoms with Gasteiger partial charge in [0.2, 0.25) is 0 Å². The summed E-state index contributed by atoms with van der Waals surface area (Å²) < 4.78 is 5.42. The molecule has 0 aromatic carbocycles. The molecule has 0 spiro atoms. The summed E-state index contributed by atoms with van der Waals surface area (Å²) in [6, 6.07) is 0. The third kappa shape index (κ3) is 1.55. The number of aliphatic imine (C=N–C) groups is 1. The Kier molecular flexibility index (Phi) is 2.68. The van der Waals surface area contributed by atoms with E-state index in [2.05, 4.69) is 4.99 Å².